The van der Waals surface area contributed by atoms with Crippen LogP contribution in [0.2, 0.25) is 0 Å². The summed E-state index contributed by atoms with van der Waals surface area (Å²) >= 11 is 0. The zero-order valence-corrected chi connectivity index (χ0v) is 12.6. The number of aryl methyl sites for hydroxylation is 1. The fourth-order valence-electron chi connectivity index (χ4n) is 2.32. The maximum atomic E-state index is 8.69. The quantitative estimate of drug-likeness (QED) is 0.479. The van der Waals surface area contributed by atoms with E-state index in [0.29, 0.717) is 5.75 Å². The van der Waals surface area contributed by atoms with E-state index in [4.69, 9.17) is 14.7 Å². The van der Waals surface area contributed by atoms with Crippen LogP contribution in [0.15, 0.2) is 24.3 Å². The molecule has 20 heavy (non-hydrogen) atoms. The molecule has 0 atom stereocenters. The van der Waals surface area contributed by atoms with Gasteiger partial charge in [0.05, 0.1) is 0 Å². The first-order chi connectivity index (χ1) is 9.72. The van der Waals surface area contributed by atoms with E-state index in [-0.39, 0.29) is 0 Å². The number of benzene rings is 1. The normalized spacial score (nSPS) is 10.6. The van der Waals surface area contributed by atoms with Crippen LogP contribution in [0.25, 0.3) is 0 Å². The summed E-state index contributed by atoms with van der Waals surface area (Å²) in [5.74, 6) is 0.486. The summed E-state index contributed by atoms with van der Waals surface area (Å²) in [4.78, 5) is 0. The fraction of sp³-hybridized carbons (Fsp3) is 0.625. The van der Waals surface area contributed by atoms with Crippen LogP contribution in [0.5, 0.6) is 5.75 Å². The maximum Gasteiger partial charge on any atom is 0.707 e. The largest absolute Gasteiger partial charge is 0.707 e. The van der Waals surface area contributed by atoms with Crippen LogP contribution in [0, 0.1) is 0 Å². The lowest BCUT2D eigenvalue weighted by Gasteiger charge is -2.06. The standard InChI is InChI=1S/C16H27BO3/c1-2-3-4-5-6-7-8-9-10-15-11-13-16(14-12-15)20-17(18)19/h11-14,18-19H,2-10H2,1H3. The smallest absolute Gasteiger partial charge is 0.512 e. The summed E-state index contributed by atoms with van der Waals surface area (Å²) in [5, 5.41) is 17.4. The molecule has 1 aromatic carbocycles. The van der Waals surface area contributed by atoms with Crippen LogP contribution in [-0.4, -0.2) is 17.4 Å². The van der Waals surface area contributed by atoms with Gasteiger partial charge >= 0.3 is 7.32 Å². The van der Waals surface area contributed by atoms with Gasteiger partial charge in [-0.05, 0) is 30.5 Å². The molecule has 4 heteroatoms. The maximum absolute atomic E-state index is 8.69. The van der Waals surface area contributed by atoms with Gasteiger partial charge in [-0.1, -0.05) is 64.0 Å². The SMILES string of the molecule is CCCCCCCCCCc1ccc(OB(O)O)cc1. The van der Waals surface area contributed by atoms with Crippen LogP contribution in [0.3, 0.4) is 0 Å². The minimum atomic E-state index is -1.74. The number of unbranched alkanes of at least 4 members (excludes halogenated alkanes) is 7. The summed E-state index contributed by atoms with van der Waals surface area (Å²) in [6.45, 7) is 2.25. The first-order valence-electron chi connectivity index (χ1n) is 7.84. The summed E-state index contributed by atoms with van der Waals surface area (Å²) in [7, 11) is -1.74. The molecule has 0 bridgehead atoms. The van der Waals surface area contributed by atoms with E-state index in [9.17, 15) is 0 Å². The van der Waals surface area contributed by atoms with Gasteiger partial charge in [0, 0.05) is 0 Å². The average Bonchev–Trinajstić information content (AvgIpc) is 2.43. The Bertz CT molecular complexity index is 338. The third kappa shape index (κ3) is 8.23. The second-order valence-electron chi connectivity index (χ2n) is 5.31. The van der Waals surface area contributed by atoms with Gasteiger partial charge in [0.25, 0.3) is 0 Å². The van der Waals surface area contributed by atoms with Crippen molar-refractivity contribution >= 4 is 7.32 Å². The molecular formula is C16H27BO3. The molecule has 1 aromatic rings. The highest BCUT2D eigenvalue weighted by Crippen LogP contribution is 2.15. The highest BCUT2D eigenvalue weighted by Gasteiger charge is 2.10. The molecule has 0 aliphatic heterocycles. The molecule has 1 rings (SSSR count). The van der Waals surface area contributed by atoms with E-state index in [0.717, 1.165) is 6.42 Å². The molecule has 0 aliphatic rings. The van der Waals surface area contributed by atoms with E-state index in [2.05, 4.69) is 6.92 Å². The molecule has 0 saturated carbocycles. The van der Waals surface area contributed by atoms with Crippen molar-refractivity contribution in [2.24, 2.45) is 0 Å². The average molecular weight is 278 g/mol. The first-order valence-corrected chi connectivity index (χ1v) is 7.84. The molecule has 3 nitrogen and oxygen atoms in total. The van der Waals surface area contributed by atoms with Gasteiger partial charge in [-0.3, -0.25) is 0 Å². The van der Waals surface area contributed by atoms with E-state index in [1.807, 2.05) is 12.1 Å². The molecule has 0 radical (unpaired) electrons. The second-order valence-corrected chi connectivity index (χ2v) is 5.31. The van der Waals surface area contributed by atoms with Gasteiger partial charge in [0.1, 0.15) is 5.75 Å². The van der Waals surface area contributed by atoms with Gasteiger partial charge in [0.2, 0.25) is 0 Å². The van der Waals surface area contributed by atoms with Crippen LogP contribution in [0.1, 0.15) is 63.9 Å². The Hall–Kier alpha value is -0.995. The number of rotatable bonds is 11. The van der Waals surface area contributed by atoms with Crippen molar-refractivity contribution in [1.29, 1.82) is 0 Å². The van der Waals surface area contributed by atoms with Crippen LogP contribution >= 0.6 is 0 Å². The highest BCUT2D eigenvalue weighted by molar-refractivity contribution is 6.33. The van der Waals surface area contributed by atoms with Gasteiger partial charge in [-0.25, -0.2) is 0 Å². The molecular weight excluding hydrogens is 251 g/mol. The van der Waals surface area contributed by atoms with Crippen molar-refractivity contribution in [1.82, 2.24) is 0 Å². The summed E-state index contributed by atoms with van der Waals surface area (Å²) in [5.41, 5.74) is 1.27. The Morgan fingerprint density at radius 1 is 0.850 bits per heavy atom. The van der Waals surface area contributed by atoms with Crippen molar-refractivity contribution in [3.8, 4) is 5.75 Å². The third-order valence-corrected chi connectivity index (χ3v) is 3.48. The molecule has 0 fully saturated rings. The second kappa shape index (κ2) is 10.8. The molecule has 112 valence electrons. The van der Waals surface area contributed by atoms with Crippen LogP contribution in [-0.2, 0) is 6.42 Å². The Balaban J connectivity index is 2.07. The molecule has 0 spiro atoms. The Morgan fingerprint density at radius 3 is 1.95 bits per heavy atom. The molecule has 2 N–H and O–H groups in total. The minimum Gasteiger partial charge on any atom is -0.512 e. The highest BCUT2D eigenvalue weighted by atomic mass is 16.6. The fourth-order valence-corrected chi connectivity index (χ4v) is 2.32. The van der Waals surface area contributed by atoms with Crippen LogP contribution in [0.4, 0.5) is 0 Å². The number of hydrogen-bond acceptors (Lipinski definition) is 3. The Kier molecular flexibility index (Phi) is 9.17. The van der Waals surface area contributed by atoms with Gasteiger partial charge in [-0.2, -0.15) is 0 Å². The lowest BCUT2D eigenvalue weighted by atomic mass is 10.0. The summed E-state index contributed by atoms with van der Waals surface area (Å²) in [6, 6.07) is 7.52. The van der Waals surface area contributed by atoms with E-state index in [1.165, 1.54) is 56.9 Å². The molecule has 0 aliphatic carbocycles. The van der Waals surface area contributed by atoms with Gasteiger partial charge < -0.3 is 14.7 Å². The Morgan fingerprint density at radius 2 is 1.40 bits per heavy atom. The molecule has 0 heterocycles. The van der Waals surface area contributed by atoms with Crippen molar-refractivity contribution < 1.29 is 14.7 Å². The monoisotopic (exact) mass is 278 g/mol. The molecule has 0 unspecified atom stereocenters. The van der Waals surface area contributed by atoms with Crippen molar-refractivity contribution in [2.45, 2.75) is 64.7 Å². The van der Waals surface area contributed by atoms with Crippen molar-refractivity contribution in [3.05, 3.63) is 29.8 Å². The van der Waals surface area contributed by atoms with E-state index < -0.39 is 7.32 Å². The Labute approximate surface area is 123 Å². The van der Waals surface area contributed by atoms with E-state index >= 15 is 0 Å². The summed E-state index contributed by atoms with van der Waals surface area (Å²) < 4.78 is 4.77. The lowest BCUT2D eigenvalue weighted by molar-refractivity contribution is 0.288. The zero-order valence-electron chi connectivity index (χ0n) is 12.6. The zero-order chi connectivity index (χ0) is 14.6. The molecule has 0 amide bonds. The predicted octanol–water partition coefficient (Wildman–Crippen LogP) is 3.72. The molecule has 0 aromatic heterocycles. The van der Waals surface area contributed by atoms with Gasteiger partial charge in [-0.15, -0.1) is 0 Å². The number of hydrogen-bond donors (Lipinski definition) is 2. The first kappa shape index (κ1) is 17.1. The topological polar surface area (TPSA) is 49.7 Å². The molecule has 0 saturated heterocycles. The van der Waals surface area contributed by atoms with Crippen molar-refractivity contribution in [2.75, 3.05) is 0 Å². The van der Waals surface area contributed by atoms with Gasteiger partial charge in [0.15, 0.2) is 0 Å². The van der Waals surface area contributed by atoms with Crippen molar-refractivity contribution in [3.63, 3.8) is 0 Å². The lowest BCUT2D eigenvalue weighted by Crippen LogP contribution is -2.20. The third-order valence-electron chi connectivity index (χ3n) is 3.48. The minimum absolute atomic E-state index is 0.486. The van der Waals surface area contributed by atoms with Crippen LogP contribution < -0.4 is 4.65 Å². The van der Waals surface area contributed by atoms with E-state index in [1.54, 1.807) is 12.1 Å². The predicted molar refractivity (Wildman–Crippen MR) is 83.6 cm³/mol. The summed E-state index contributed by atoms with van der Waals surface area (Å²) in [6.07, 6.45) is 11.7.